The molecule has 1 amide bonds. The maximum absolute atomic E-state index is 11.1. The Balaban J connectivity index is 1.99. The summed E-state index contributed by atoms with van der Waals surface area (Å²) in [5, 5.41) is 6.07. The van der Waals surface area contributed by atoms with Crippen LogP contribution < -0.4 is 16.4 Å². The number of rotatable bonds is 5. The molecule has 1 aromatic heterocycles. The minimum Gasteiger partial charge on any atom is -0.384 e. The van der Waals surface area contributed by atoms with Gasteiger partial charge in [-0.3, -0.25) is 4.79 Å². The van der Waals surface area contributed by atoms with Gasteiger partial charge in [-0.15, -0.1) is 0 Å². The second kappa shape index (κ2) is 6.33. The van der Waals surface area contributed by atoms with Crippen molar-refractivity contribution in [1.82, 2.24) is 15.3 Å². The molecule has 1 aromatic rings. The van der Waals surface area contributed by atoms with Crippen LogP contribution in [0.4, 0.5) is 11.6 Å². The van der Waals surface area contributed by atoms with Crippen molar-refractivity contribution in [2.45, 2.75) is 32.4 Å². The first kappa shape index (κ1) is 13.5. The summed E-state index contributed by atoms with van der Waals surface area (Å²) in [6, 6.07) is 1.86. The van der Waals surface area contributed by atoms with Crippen molar-refractivity contribution in [2.75, 3.05) is 24.2 Å². The zero-order valence-corrected chi connectivity index (χ0v) is 11.0. The van der Waals surface area contributed by atoms with Gasteiger partial charge in [0.05, 0.1) is 0 Å². The summed E-state index contributed by atoms with van der Waals surface area (Å²) >= 11 is 0. The molecule has 0 aromatic carbocycles. The van der Waals surface area contributed by atoms with Crippen molar-refractivity contribution < 1.29 is 9.53 Å². The van der Waals surface area contributed by atoms with Crippen molar-refractivity contribution in [2.24, 2.45) is 0 Å². The summed E-state index contributed by atoms with van der Waals surface area (Å²) in [4.78, 5) is 19.5. The van der Waals surface area contributed by atoms with Gasteiger partial charge in [-0.05, 0) is 13.3 Å². The van der Waals surface area contributed by atoms with Crippen LogP contribution in [0.15, 0.2) is 6.07 Å². The van der Waals surface area contributed by atoms with E-state index in [4.69, 9.17) is 10.5 Å². The minimum absolute atomic E-state index is 0.0947. The van der Waals surface area contributed by atoms with Gasteiger partial charge in [-0.1, -0.05) is 0 Å². The Kier molecular flexibility index (Phi) is 4.51. The lowest BCUT2D eigenvalue weighted by Gasteiger charge is -2.24. The van der Waals surface area contributed by atoms with E-state index >= 15 is 0 Å². The largest absolute Gasteiger partial charge is 0.384 e. The van der Waals surface area contributed by atoms with Crippen molar-refractivity contribution in [3.8, 4) is 0 Å². The average Bonchev–Trinajstić information content (AvgIpc) is 2.38. The lowest BCUT2D eigenvalue weighted by molar-refractivity contribution is -0.122. The second-order valence-corrected chi connectivity index (χ2v) is 4.42. The number of nitrogens with one attached hydrogen (secondary N) is 2. The Morgan fingerprint density at radius 2 is 2.42 bits per heavy atom. The molecule has 0 saturated carbocycles. The van der Waals surface area contributed by atoms with Gasteiger partial charge in [-0.2, -0.15) is 0 Å². The lowest BCUT2D eigenvalue weighted by Crippen LogP contribution is -2.42. The molecule has 1 atom stereocenters. The summed E-state index contributed by atoms with van der Waals surface area (Å²) in [5.74, 6) is 1.73. The van der Waals surface area contributed by atoms with Gasteiger partial charge in [0.15, 0.2) is 5.82 Å². The number of carbonyl (C=O) groups excluding carboxylic acids is 1. The van der Waals surface area contributed by atoms with E-state index in [0.29, 0.717) is 43.6 Å². The lowest BCUT2D eigenvalue weighted by atomic mass is 10.1. The molecule has 104 valence electrons. The molecule has 1 saturated heterocycles. The van der Waals surface area contributed by atoms with E-state index in [0.717, 1.165) is 6.42 Å². The van der Waals surface area contributed by atoms with E-state index in [1.54, 1.807) is 6.07 Å². The normalized spacial score (nSPS) is 19.0. The number of nitrogens with zero attached hydrogens (tertiary/aromatic N) is 2. The number of anilines is 2. The molecule has 7 nitrogen and oxygen atoms in total. The predicted octanol–water partition coefficient (Wildman–Crippen LogP) is 0.286. The molecule has 0 radical (unpaired) electrons. The molecule has 0 bridgehead atoms. The third-order valence-corrected chi connectivity index (χ3v) is 2.85. The number of ether oxygens (including phenoxy) is 1. The van der Waals surface area contributed by atoms with Crippen LogP contribution >= 0.6 is 0 Å². The van der Waals surface area contributed by atoms with Gasteiger partial charge < -0.3 is 21.1 Å². The fraction of sp³-hybridized carbons (Fsp3) is 0.583. The van der Waals surface area contributed by atoms with E-state index < -0.39 is 0 Å². The maximum Gasteiger partial charge on any atom is 0.220 e. The summed E-state index contributed by atoms with van der Waals surface area (Å²) < 4.78 is 5.27. The van der Waals surface area contributed by atoms with Crippen LogP contribution in [-0.4, -0.2) is 35.1 Å². The number of aromatic nitrogens is 2. The highest BCUT2D eigenvalue weighted by atomic mass is 16.5. The van der Waals surface area contributed by atoms with E-state index in [1.165, 1.54) is 0 Å². The Hall–Kier alpha value is -1.89. The van der Waals surface area contributed by atoms with Gasteiger partial charge in [0.1, 0.15) is 18.2 Å². The number of nitrogen functional groups attached to an aromatic ring is 1. The first-order valence-electron chi connectivity index (χ1n) is 6.41. The molecule has 1 aliphatic heterocycles. The zero-order valence-electron chi connectivity index (χ0n) is 11.0. The van der Waals surface area contributed by atoms with Crippen LogP contribution in [0.5, 0.6) is 0 Å². The Labute approximate surface area is 111 Å². The number of piperidine rings is 1. The van der Waals surface area contributed by atoms with Crippen molar-refractivity contribution >= 4 is 17.5 Å². The number of amides is 1. The van der Waals surface area contributed by atoms with Crippen LogP contribution in [-0.2, 0) is 16.1 Å². The number of hydrogen-bond acceptors (Lipinski definition) is 6. The van der Waals surface area contributed by atoms with Gasteiger partial charge in [0.2, 0.25) is 5.91 Å². The molecule has 4 N–H and O–H groups in total. The van der Waals surface area contributed by atoms with Crippen LogP contribution in [0.3, 0.4) is 0 Å². The molecule has 2 heterocycles. The van der Waals surface area contributed by atoms with Crippen molar-refractivity contribution in [3.05, 3.63) is 11.9 Å². The fourth-order valence-corrected chi connectivity index (χ4v) is 1.91. The number of hydrogen-bond donors (Lipinski definition) is 3. The van der Waals surface area contributed by atoms with Crippen molar-refractivity contribution in [1.29, 1.82) is 0 Å². The fourth-order valence-electron chi connectivity index (χ4n) is 1.91. The third-order valence-electron chi connectivity index (χ3n) is 2.85. The monoisotopic (exact) mass is 265 g/mol. The highest BCUT2D eigenvalue weighted by Crippen LogP contribution is 2.13. The average molecular weight is 265 g/mol. The molecule has 7 heteroatoms. The molecule has 1 aliphatic rings. The predicted molar refractivity (Wildman–Crippen MR) is 71.4 cm³/mol. The van der Waals surface area contributed by atoms with E-state index in [1.807, 2.05) is 6.92 Å². The second-order valence-electron chi connectivity index (χ2n) is 4.42. The highest BCUT2D eigenvalue weighted by Gasteiger charge is 2.18. The molecule has 0 aliphatic carbocycles. The molecule has 19 heavy (non-hydrogen) atoms. The first-order valence-corrected chi connectivity index (χ1v) is 6.41. The third kappa shape index (κ3) is 4.06. The molecule has 1 fully saturated rings. The van der Waals surface area contributed by atoms with Gasteiger partial charge in [0.25, 0.3) is 0 Å². The van der Waals surface area contributed by atoms with Gasteiger partial charge >= 0.3 is 0 Å². The van der Waals surface area contributed by atoms with Crippen LogP contribution in [0.2, 0.25) is 0 Å². The summed E-state index contributed by atoms with van der Waals surface area (Å²) in [5.41, 5.74) is 5.74. The summed E-state index contributed by atoms with van der Waals surface area (Å²) in [6.07, 6.45) is 1.32. The molecule has 0 spiro atoms. The summed E-state index contributed by atoms with van der Waals surface area (Å²) in [6.45, 7) is 3.47. The van der Waals surface area contributed by atoms with Crippen LogP contribution in [0.1, 0.15) is 25.6 Å². The Bertz CT molecular complexity index is 442. The maximum atomic E-state index is 11.1. The Morgan fingerprint density at radius 3 is 3.11 bits per heavy atom. The quantitative estimate of drug-likeness (QED) is 0.707. The molecule has 2 rings (SSSR count). The Morgan fingerprint density at radius 1 is 1.58 bits per heavy atom. The molecular weight excluding hydrogens is 246 g/mol. The molecule has 1 unspecified atom stereocenters. The zero-order chi connectivity index (χ0) is 13.7. The van der Waals surface area contributed by atoms with E-state index in [-0.39, 0.29) is 11.9 Å². The standard InChI is InChI=1S/C12H19N5O2/c1-2-19-7-11-16-9(13)5-10(17-11)15-8-3-4-12(18)14-6-8/h5,8H,2-4,6-7H2,1H3,(H,14,18)(H3,13,15,16,17). The van der Waals surface area contributed by atoms with Crippen molar-refractivity contribution in [3.63, 3.8) is 0 Å². The van der Waals surface area contributed by atoms with Crippen LogP contribution in [0, 0.1) is 0 Å². The van der Waals surface area contributed by atoms with E-state index in [9.17, 15) is 4.79 Å². The van der Waals surface area contributed by atoms with Gasteiger partial charge in [0, 0.05) is 31.7 Å². The number of carbonyl (C=O) groups is 1. The smallest absolute Gasteiger partial charge is 0.220 e. The number of nitrogens with two attached hydrogens (primary N) is 1. The SMILES string of the molecule is CCOCc1nc(N)cc(NC2CCC(=O)NC2)n1. The topological polar surface area (TPSA) is 102 Å². The molecular formula is C12H19N5O2. The summed E-state index contributed by atoms with van der Waals surface area (Å²) in [7, 11) is 0. The van der Waals surface area contributed by atoms with Gasteiger partial charge in [-0.25, -0.2) is 9.97 Å². The van der Waals surface area contributed by atoms with E-state index in [2.05, 4.69) is 20.6 Å². The first-order chi connectivity index (χ1) is 9.17. The minimum atomic E-state index is 0.0947. The van der Waals surface area contributed by atoms with Crippen LogP contribution in [0.25, 0.3) is 0 Å². The highest BCUT2D eigenvalue weighted by molar-refractivity contribution is 5.77.